The summed E-state index contributed by atoms with van der Waals surface area (Å²) in [6.45, 7) is 14.2. The molecule has 5 nitrogen and oxygen atoms in total. The van der Waals surface area contributed by atoms with E-state index < -0.39 is 0 Å². The molecule has 0 aromatic carbocycles. The first-order chi connectivity index (χ1) is 10.6. The highest BCUT2D eigenvalue weighted by atomic mass is 15.1. The number of hydrogen-bond donors (Lipinski definition) is 3. The lowest BCUT2D eigenvalue weighted by molar-refractivity contribution is 0.808. The van der Waals surface area contributed by atoms with E-state index in [1.807, 2.05) is 6.08 Å². The van der Waals surface area contributed by atoms with E-state index in [0.29, 0.717) is 12.4 Å². The maximum Gasteiger partial charge on any atom is 0.116 e. The summed E-state index contributed by atoms with van der Waals surface area (Å²) >= 11 is 0. The van der Waals surface area contributed by atoms with Crippen LogP contribution in [0.5, 0.6) is 0 Å². The molecule has 0 aromatic heterocycles. The highest BCUT2D eigenvalue weighted by Crippen LogP contribution is 2.18. The third kappa shape index (κ3) is 5.85. The molecule has 0 saturated heterocycles. The van der Waals surface area contributed by atoms with Crippen molar-refractivity contribution < 1.29 is 0 Å². The fourth-order valence-corrected chi connectivity index (χ4v) is 2.29. The Kier molecular flexibility index (Phi) is 8.22. The number of unbranched alkanes of at least 4 members (excludes halogenated alkanes) is 1. The minimum absolute atomic E-state index is 0.347. The zero-order valence-electron chi connectivity index (χ0n) is 13.9. The van der Waals surface area contributed by atoms with Crippen molar-refractivity contribution in [1.29, 1.82) is 0 Å². The lowest BCUT2D eigenvalue weighted by atomic mass is 9.99. The van der Waals surface area contributed by atoms with Gasteiger partial charge in [0.05, 0.1) is 13.1 Å². The summed E-state index contributed by atoms with van der Waals surface area (Å²) in [4.78, 5) is 8.99. The van der Waals surface area contributed by atoms with Gasteiger partial charge in [0.25, 0.3) is 0 Å². The van der Waals surface area contributed by atoms with E-state index in [1.165, 1.54) is 0 Å². The third-order valence-electron chi connectivity index (χ3n) is 3.37. The standard InChI is InChI=1S/C17H29N5/c1-5-8-10-15(21-13(4)18)14(9-6-2)16-11-20-17(22-16)12-19-7-3/h6,19H,2,4-5,7-12,18H2,1,3H3,(H,20,22)/b16-14+,21-15-. The molecule has 0 saturated carbocycles. The molecule has 1 heterocycles. The van der Waals surface area contributed by atoms with E-state index in [-0.39, 0.29) is 0 Å². The van der Waals surface area contributed by atoms with Crippen LogP contribution < -0.4 is 16.4 Å². The van der Waals surface area contributed by atoms with E-state index in [1.54, 1.807) is 0 Å². The maximum atomic E-state index is 5.70. The van der Waals surface area contributed by atoms with Gasteiger partial charge in [0.1, 0.15) is 11.7 Å². The molecular formula is C17H29N5. The van der Waals surface area contributed by atoms with Crippen molar-refractivity contribution in [3.63, 3.8) is 0 Å². The van der Waals surface area contributed by atoms with E-state index in [9.17, 15) is 0 Å². The SMILES string of the molecule is C=CCC(/C(CCCC)=N\C(=C)N)=C1/CN=C(CNCC)N1. The van der Waals surface area contributed by atoms with Gasteiger partial charge in [-0.25, -0.2) is 4.99 Å². The van der Waals surface area contributed by atoms with E-state index in [2.05, 4.69) is 47.6 Å². The van der Waals surface area contributed by atoms with Crippen LogP contribution >= 0.6 is 0 Å². The van der Waals surface area contributed by atoms with Crippen molar-refractivity contribution in [2.75, 3.05) is 19.6 Å². The Balaban J connectivity index is 2.97. The Morgan fingerprint density at radius 1 is 1.50 bits per heavy atom. The number of aliphatic imine (C=N–C) groups is 2. The van der Waals surface area contributed by atoms with Crippen molar-refractivity contribution in [2.45, 2.75) is 39.5 Å². The van der Waals surface area contributed by atoms with E-state index >= 15 is 0 Å². The van der Waals surface area contributed by atoms with Gasteiger partial charge in [0.15, 0.2) is 0 Å². The van der Waals surface area contributed by atoms with E-state index in [4.69, 9.17) is 5.73 Å². The molecule has 1 aliphatic rings. The van der Waals surface area contributed by atoms with Crippen molar-refractivity contribution in [1.82, 2.24) is 10.6 Å². The molecule has 0 spiro atoms. The van der Waals surface area contributed by atoms with Crippen molar-refractivity contribution >= 4 is 11.5 Å². The molecule has 0 bridgehead atoms. The lowest BCUT2D eigenvalue weighted by Crippen LogP contribution is -2.31. The summed E-state index contributed by atoms with van der Waals surface area (Å²) in [7, 11) is 0. The Morgan fingerprint density at radius 2 is 2.27 bits per heavy atom. The molecule has 0 amide bonds. The van der Waals surface area contributed by atoms with Crippen LogP contribution in [0.1, 0.15) is 39.5 Å². The van der Waals surface area contributed by atoms with Gasteiger partial charge in [-0.15, -0.1) is 6.58 Å². The molecule has 0 aromatic rings. The largest absolute Gasteiger partial charge is 0.384 e. The molecule has 0 radical (unpaired) electrons. The van der Waals surface area contributed by atoms with Gasteiger partial charge in [-0.05, 0) is 31.4 Å². The monoisotopic (exact) mass is 303 g/mol. The quantitative estimate of drug-likeness (QED) is 0.429. The zero-order chi connectivity index (χ0) is 16.4. The van der Waals surface area contributed by atoms with Crippen LogP contribution in [0.2, 0.25) is 0 Å². The molecule has 0 aliphatic carbocycles. The second-order valence-electron chi connectivity index (χ2n) is 5.27. The smallest absolute Gasteiger partial charge is 0.116 e. The highest BCUT2D eigenvalue weighted by Gasteiger charge is 2.17. The summed E-state index contributed by atoms with van der Waals surface area (Å²) < 4.78 is 0. The number of nitrogens with one attached hydrogen (secondary N) is 2. The van der Waals surface area contributed by atoms with Crippen LogP contribution in [0.25, 0.3) is 0 Å². The van der Waals surface area contributed by atoms with Crippen LogP contribution in [0, 0.1) is 0 Å². The fourth-order valence-electron chi connectivity index (χ4n) is 2.29. The molecule has 122 valence electrons. The number of amidine groups is 1. The maximum absolute atomic E-state index is 5.70. The predicted octanol–water partition coefficient (Wildman–Crippen LogP) is 2.49. The van der Waals surface area contributed by atoms with Crippen molar-refractivity contribution in [3.8, 4) is 0 Å². The van der Waals surface area contributed by atoms with Gasteiger partial charge in [-0.2, -0.15) is 0 Å². The average molecular weight is 303 g/mol. The summed E-state index contributed by atoms with van der Waals surface area (Å²) in [5.41, 5.74) is 8.94. The molecule has 4 N–H and O–H groups in total. The first kappa shape index (κ1) is 18.2. The number of hydrogen-bond acceptors (Lipinski definition) is 5. The van der Waals surface area contributed by atoms with Gasteiger partial charge in [-0.1, -0.05) is 32.9 Å². The van der Waals surface area contributed by atoms with Crippen LogP contribution in [-0.4, -0.2) is 31.2 Å². The van der Waals surface area contributed by atoms with Gasteiger partial charge < -0.3 is 16.4 Å². The topological polar surface area (TPSA) is 74.8 Å². The second kappa shape index (κ2) is 9.95. The lowest BCUT2D eigenvalue weighted by Gasteiger charge is -2.14. The molecule has 0 unspecified atom stereocenters. The molecule has 0 fully saturated rings. The molecule has 1 aliphatic heterocycles. The minimum Gasteiger partial charge on any atom is -0.384 e. The van der Waals surface area contributed by atoms with Gasteiger partial charge in [0, 0.05) is 11.4 Å². The molecule has 22 heavy (non-hydrogen) atoms. The summed E-state index contributed by atoms with van der Waals surface area (Å²) in [5.74, 6) is 1.32. The Labute approximate surface area is 134 Å². The highest BCUT2D eigenvalue weighted by molar-refractivity contribution is 6.03. The van der Waals surface area contributed by atoms with Crippen LogP contribution in [0.3, 0.4) is 0 Å². The number of allylic oxidation sites excluding steroid dienone is 2. The molecule has 1 rings (SSSR count). The Hall–Kier alpha value is -1.88. The first-order valence-corrected chi connectivity index (χ1v) is 7.98. The van der Waals surface area contributed by atoms with E-state index in [0.717, 1.165) is 61.6 Å². The Bertz CT molecular complexity index is 485. The molecule has 5 heteroatoms. The zero-order valence-corrected chi connectivity index (χ0v) is 13.9. The second-order valence-corrected chi connectivity index (χ2v) is 5.27. The normalized spacial score (nSPS) is 17.0. The first-order valence-electron chi connectivity index (χ1n) is 7.98. The van der Waals surface area contributed by atoms with Gasteiger partial charge in [-0.3, -0.25) is 4.99 Å². The number of likely N-dealkylation sites (N-methyl/N-ethyl adjacent to an activating group) is 1. The fraction of sp³-hybridized carbons (Fsp3) is 0.529. The summed E-state index contributed by atoms with van der Waals surface area (Å²) in [6, 6.07) is 0. The number of nitrogens with two attached hydrogens (primary N) is 1. The third-order valence-corrected chi connectivity index (χ3v) is 3.37. The molecule has 0 atom stereocenters. The van der Waals surface area contributed by atoms with Crippen molar-refractivity contribution in [3.05, 3.63) is 36.3 Å². The summed E-state index contributed by atoms with van der Waals surface area (Å²) in [6.07, 6.45) is 5.73. The van der Waals surface area contributed by atoms with Crippen LogP contribution in [-0.2, 0) is 0 Å². The molecular weight excluding hydrogens is 274 g/mol. The van der Waals surface area contributed by atoms with Gasteiger partial charge in [0.2, 0.25) is 0 Å². The Morgan fingerprint density at radius 3 is 2.86 bits per heavy atom. The average Bonchev–Trinajstić information content (AvgIpc) is 2.95. The van der Waals surface area contributed by atoms with Gasteiger partial charge >= 0.3 is 0 Å². The van der Waals surface area contributed by atoms with Crippen molar-refractivity contribution in [2.24, 2.45) is 15.7 Å². The van der Waals surface area contributed by atoms with Crippen LogP contribution in [0.15, 0.2) is 46.3 Å². The summed E-state index contributed by atoms with van der Waals surface area (Å²) in [5, 5.41) is 6.69. The predicted molar refractivity (Wildman–Crippen MR) is 96.1 cm³/mol. The van der Waals surface area contributed by atoms with Crippen LogP contribution in [0.4, 0.5) is 0 Å². The number of rotatable bonds is 10. The number of nitrogens with zero attached hydrogens (tertiary/aromatic N) is 2. The minimum atomic E-state index is 0.347.